The monoisotopic (exact) mass is 469 g/mol. The minimum absolute atomic E-state index is 0.0565. The third-order valence-corrected chi connectivity index (χ3v) is 5.29. The maximum atomic E-state index is 13.4. The Morgan fingerprint density at radius 3 is 2.38 bits per heavy atom. The van der Waals surface area contributed by atoms with Crippen molar-refractivity contribution in [1.29, 1.82) is 0 Å². The Bertz CT molecular complexity index is 1190. The van der Waals surface area contributed by atoms with Crippen molar-refractivity contribution in [2.24, 2.45) is 0 Å². The maximum absolute atomic E-state index is 13.4. The van der Waals surface area contributed by atoms with Crippen LogP contribution in [0.3, 0.4) is 0 Å². The molecule has 10 heteroatoms. The van der Waals surface area contributed by atoms with E-state index in [4.69, 9.17) is 9.15 Å². The number of ether oxygens (including phenoxy) is 1. The van der Waals surface area contributed by atoms with Gasteiger partial charge in [0.2, 0.25) is 0 Å². The maximum Gasteiger partial charge on any atom is 0.291 e. The number of carbonyl (C=O) groups is 3. The summed E-state index contributed by atoms with van der Waals surface area (Å²) in [6.07, 6.45) is 1.40. The number of halogens is 2. The second-order valence-electron chi connectivity index (χ2n) is 7.55. The summed E-state index contributed by atoms with van der Waals surface area (Å²) < 4.78 is 37.1. The average molecular weight is 469 g/mol. The van der Waals surface area contributed by atoms with Crippen molar-refractivity contribution >= 4 is 23.4 Å². The number of nitrogens with zero attached hydrogens (tertiary/aromatic N) is 2. The van der Waals surface area contributed by atoms with Crippen molar-refractivity contribution in [2.45, 2.75) is 0 Å². The summed E-state index contributed by atoms with van der Waals surface area (Å²) in [5.74, 6) is -2.62. The molecule has 0 atom stereocenters. The summed E-state index contributed by atoms with van der Waals surface area (Å²) in [6.45, 7) is 0.885. The van der Waals surface area contributed by atoms with Crippen LogP contribution in [0.25, 0.3) is 0 Å². The van der Waals surface area contributed by atoms with E-state index in [1.54, 1.807) is 41.3 Å². The molecule has 4 rings (SSSR count). The van der Waals surface area contributed by atoms with Gasteiger partial charge in [0.25, 0.3) is 17.7 Å². The molecule has 176 valence electrons. The van der Waals surface area contributed by atoms with E-state index in [9.17, 15) is 23.2 Å². The third-order valence-electron chi connectivity index (χ3n) is 5.29. The summed E-state index contributed by atoms with van der Waals surface area (Å²) in [5, 5.41) is 2.68. The van der Waals surface area contributed by atoms with Crippen molar-refractivity contribution < 1.29 is 32.3 Å². The number of rotatable bonds is 6. The second-order valence-corrected chi connectivity index (χ2v) is 7.55. The normalized spacial score (nSPS) is 13.5. The highest BCUT2D eigenvalue weighted by molar-refractivity contribution is 6.02. The first-order valence-corrected chi connectivity index (χ1v) is 10.5. The zero-order valence-corrected chi connectivity index (χ0v) is 18.0. The minimum atomic E-state index is -1.08. The molecule has 1 saturated heterocycles. The number of hydrogen-bond donors (Lipinski definition) is 1. The van der Waals surface area contributed by atoms with Crippen LogP contribution in [-0.4, -0.2) is 60.3 Å². The standard InChI is InChI=1S/C24H21F2N3O5/c25-19-7-6-16(13-20(19)26)24(32)29-10-8-28(9-11-29)22(30)15-34-18-4-1-3-17(14-18)27-23(31)21-5-2-12-33-21/h1-7,12-14H,8-11,15H2,(H,27,31). The zero-order chi connectivity index (χ0) is 24.1. The van der Waals surface area contributed by atoms with Gasteiger partial charge in [0.1, 0.15) is 5.75 Å². The SMILES string of the molecule is O=C(Nc1cccc(OCC(=O)N2CCN(C(=O)c3ccc(F)c(F)c3)CC2)c1)c1ccco1. The molecule has 2 heterocycles. The van der Waals surface area contributed by atoms with Crippen LogP contribution in [0, 0.1) is 11.6 Å². The molecule has 0 spiro atoms. The Kier molecular flexibility index (Phi) is 6.86. The van der Waals surface area contributed by atoms with E-state index < -0.39 is 23.4 Å². The van der Waals surface area contributed by atoms with Gasteiger partial charge in [0.05, 0.1) is 6.26 Å². The summed E-state index contributed by atoms with van der Waals surface area (Å²) in [5.41, 5.74) is 0.539. The van der Waals surface area contributed by atoms with E-state index in [1.165, 1.54) is 17.2 Å². The molecule has 0 bridgehead atoms. The smallest absolute Gasteiger partial charge is 0.291 e. The van der Waals surface area contributed by atoms with Crippen LogP contribution in [0.15, 0.2) is 65.3 Å². The highest BCUT2D eigenvalue weighted by Gasteiger charge is 2.25. The van der Waals surface area contributed by atoms with Gasteiger partial charge in [-0.1, -0.05) is 6.07 Å². The number of carbonyl (C=O) groups excluding carboxylic acids is 3. The van der Waals surface area contributed by atoms with E-state index in [0.717, 1.165) is 12.1 Å². The molecular formula is C24H21F2N3O5. The van der Waals surface area contributed by atoms with Crippen LogP contribution in [0.1, 0.15) is 20.9 Å². The molecule has 1 N–H and O–H groups in total. The fraction of sp³-hybridized carbons (Fsp3) is 0.208. The molecule has 8 nitrogen and oxygen atoms in total. The van der Waals surface area contributed by atoms with Crippen LogP contribution >= 0.6 is 0 Å². The van der Waals surface area contributed by atoms with Gasteiger partial charge >= 0.3 is 0 Å². The third kappa shape index (κ3) is 5.40. The van der Waals surface area contributed by atoms with Crippen molar-refractivity contribution in [1.82, 2.24) is 9.80 Å². The zero-order valence-electron chi connectivity index (χ0n) is 18.0. The molecular weight excluding hydrogens is 448 g/mol. The van der Waals surface area contributed by atoms with E-state index in [0.29, 0.717) is 11.4 Å². The van der Waals surface area contributed by atoms with Gasteiger partial charge < -0.3 is 24.3 Å². The highest BCUT2D eigenvalue weighted by Crippen LogP contribution is 2.19. The molecule has 0 aliphatic carbocycles. The number of amides is 3. The minimum Gasteiger partial charge on any atom is -0.484 e. The fourth-order valence-electron chi connectivity index (χ4n) is 3.47. The number of benzene rings is 2. The van der Waals surface area contributed by atoms with Gasteiger partial charge in [-0.05, 0) is 42.5 Å². The Morgan fingerprint density at radius 2 is 1.68 bits per heavy atom. The molecule has 1 aliphatic heterocycles. The van der Waals surface area contributed by atoms with Crippen molar-refractivity contribution in [3.63, 3.8) is 0 Å². The number of nitrogens with one attached hydrogen (secondary N) is 1. The van der Waals surface area contributed by atoms with E-state index in [-0.39, 0.29) is 50.0 Å². The Labute approximate surface area is 193 Å². The number of piperazine rings is 1. The quantitative estimate of drug-likeness (QED) is 0.599. The first-order valence-electron chi connectivity index (χ1n) is 10.5. The van der Waals surface area contributed by atoms with Crippen molar-refractivity contribution in [3.8, 4) is 5.75 Å². The molecule has 0 unspecified atom stereocenters. The van der Waals surface area contributed by atoms with Crippen molar-refractivity contribution in [2.75, 3.05) is 38.1 Å². The van der Waals surface area contributed by atoms with Gasteiger partial charge in [-0.15, -0.1) is 0 Å². The second kappa shape index (κ2) is 10.2. The lowest BCUT2D eigenvalue weighted by molar-refractivity contribution is -0.134. The van der Waals surface area contributed by atoms with Crippen LogP contribution in [0.2, 0.25) is 0 Å². The molecule has 1 aliphatic rings. The molecule has 3 aromatic rings. The fourth-order valence-corrected chi connectivity index (χ4v) is 3.47. The molecule has 2 aromatic carbocycles. The highest BCUT2D eigenvalue weighted by atomic mass is 19.2. The van der Waals surface area contributed by atoms with Gasteiger partial charge in [-0.3, -0.25) is 14.4 Å². The van der Waals surface area contributed by atoms with E-state index >= 15 is 0 Å². The van der Waals surface area contributed by atoms with Crippen LogP contribution in [0.5, 0.6) is 5.75 Å². The summed E-state index contributed by atoms with van der Waals surface area (Å²) in [4.78, 5) is 40.2. The lowest BCUT2D eigenvalue weighted by Gasteiger charge is -2.34. The molecule has 34 heavy (non-hydrogen) atoms. The summed E-state index contributed by atoms with van der Waals surface area (Å²) in [6, 6.07) is 12.8. The topological polar surface area (TPSA) is 92.1 Å². The largest absolute Gasteiger partial charge is 0.484 e. The molecule has 3 amide bonds. The Hall–Kier alpha value is -4.21. The predicted molar refractivity (Wildman–Crippen MR) is 117 cm³/mol. The Balaban J connectivity index is 1.26. The molecule has 1 aromatic heterocycles. The van der Waals surface area contributed by atoms with Crippen molar-refractivity contribution in [3.05, 3.63) is 83.8 Å². The molecule has 0 saturated carbocycles. The molecule has 0 radical (unpaired) electrons. The summed E-state index contributed by atoms with van der Waals surface area (Å²) in [7, 11) is 0. The van der Waals surface area contributed by atoms with Gasteiger partial charge in [0, 0.05) is 43.5 Å². The van der Waals surface area contributed by atoms with Crippen LogP contribution in [0.4, 0.5) is 14.5 Å². The number of anilines is 1. The number of furan rings is 1. The lowest BCUT2D eigenvalue weighted by atomic mass is 10.1. The van der Waals surface area contributed by atoms with E-state index in [1.807, 2.05) is 0 Å². The molecule has 1 fully saturated rings. The first-order chi connectivity index (χ1) is 16.4. The van der Waals surface area contributed by atoms with Gasteiger partial charge in [0.15, 0.2) is 24.0 Å². The van der Waals surface area contributed by atoms with Crippen LogP contribution in [-0.2, 0) is 4.79 Å². The summed E-state index contributed by atoms with van der Waals surface area (Å²) >= 11 is 0. The average Bonchev–Trinajstić information content (AvgIpc) is 3.39. The van der Waals surface area contributed by atoms with Gasteiger partial charge in [-0.2, -0.15) is 0 Å². The van der Waals surface area contributed by atoms with Crippen LogP contribution < -0.4 is 10.1 Å². The first kappa shape index (κ1) is 23.0. The van der Waals surface area contributed by atoms with Gasteiger partial charge in [-0.25, -0.2) is 8.78 Å². The van der Waals surface area contributed by atoms with E-state index in [2.05, 4.69) is 5.32 Å². The lowest BCUT2D eigenvalue weighted by Crippen LogP contribution is -2.51. The predicted octanol–water partition coefficient (Wildman–Crippen LogP) is 3.17. The number of hydrogen-bond acceptors (Lipinski definition) is 5. The Morgan fingerprint density at radius 1 is 0.912 bits per heavy atom.